The van der Waals surface area contributed by atoms with E-state index < -0.39 is 11.4 Å². The van der Waals surface area contributed by atoms with E-state index in [2.05, 4.69) is 15.5 Å². The molecule has 0 amide bonds. The van der Waals surface area contributed by atoms with Crippen molar-refractivity contribution in [3.05, 3.63) is 40.7 Å². The highest BCUT2D eigenvalue weighted by atomic mass is 35.5. The van der Waals surface area contributed by atoms with Crippen molar-refractivity contribution < 1.29 is 9.90 Å². The van der Waals surface area contributed by atoms with Crippen LogP contribution in [0.2, 0.25) is 5.02 Å². The summed E-state index contributed by atoms with van der Waals surface area (Å²) in [6.07, 6.45) is 1.92. The molecule has 2 aromatic rings. The Bertz CT molecular complexity index is 634. The van der Waals surface area contributed by atoms with Crippen LogP contribution in [0.25, 0.3) is 0 Å². The monoisotopic (exact) mass is 292 g/mol. The van der Waals surface area contributed by atoms with E-state index in [1.807, 2.05) is 24.3 Å². The van der Waals surface area contributed by atoms with Crippen molar-refractivity contribution in [2.45, 2.75) is 25.8 Å². The number of aromatic nitrogens is 4. The maximum Gasteiger partial charge on any atom is 0.311 e. The van der Waals surface area contributed by atoms with E-state index in [0.29, 0.717) is 36.7 Å². The van der Waals surface area contributed by atoms with Crippen LogP contribution in [0.4, 0.5) is 0 Å². The lowest BCUT2D eigenvalue weighted by Crippen LogP contribution is -2.23. The minimum atomic E-state index is -0.773. The van der Waals surface area contributed by atoms with Crippen molar-refractivity contribution in [2.75, 3.05) is 0 Å². The number of carbonyl (C=O) groups is 1. The summed E-state index contributed by atoms with van der Waals surface area (Å²) in [7, 11) is 0. The Hall–Kier alpha value is -1.95. The van der Waals surface area contributed by atoms with Gasteiger partial charge in [-0.3, -0.25) is 4.79 Å². The van der Waals surface area contributed by atoms with Gasteiger partial charge in [-0.25, -0.2) is 4.68 Å². The molecule has 0 atom stereocenters. The number of rotatable bonds is 5. The van der Waals surface area contributed by atoms with Crippen LogP contribution in [-0.2, 0) is 17.8 Å². The van der Waals surface area contributed by atoms with Gasteiger partial charge in [0, 0.05) is 11.4 Å². The lowest BCUT2D eigenvalue weighted by atomic mass is 10.1. The SMILES string of the molecule is O=C(O)C1(Cn2nnnc2Cc2ccc(Cl)cc2)CC1. The molecule has 1 N–H and O–H groups in total. The summed E-state index contributed by atoms with van der Waals surface area (Å²) in [5.41, 5.74) is 0.357. The lowest BCUT2D eigenvalue weighted by Gasteiger charge is -2.10. The Kier molecular flexibility index (Phi) is 3.17. The van der Waals surface area contributed by atoms with Gasteiger partial charge < -0.3 is 5.11 Å². The predicted octanol–water partition coefficient (Wildman–Crippen LogP) is 1.78. The Balaban J connectivity index is 1.77. The normalized spacial score (nSPS) is 16.1. The summed E-state index contributed by atoms with van der Waals surface area (Å²) < 4.78 is 1.59. The van der Waals surface area contributed by atoms with Crippen LogP contribution in [-0.4, -0.2) is 31.3 Å². The summed E-state index contributed by atoms with van der Waals surface area (Å²) in [6.45, 7) is 0.332. The standard InChI is InChI=1S/C13H13ClN4O2/c14-10-3-1-9(2-4-10)7-11-15-16-17-18(11)8-13(5-6-13)12(19)20/h1-4H,5-8H2,(H,19,20). The highest BCUT2D eigenvalue weighted by Crippen LogP contribution is 2.47. The van der Waals surface area contributed by atoms with Gasteiger partial charge in [0.2, 0.25) is 0 Å². The number of hydrogen-bond acceptors (Lipinski definition) is 4. The van der Waals surface area contributed by atoms with E-state index in [1.54, 1.807) is 4.68 Å². The van der Waals surface area contributed by atoms with Gasteiger partial charge in [0.1, 0.15) is 0 Å². The maximum absolute atomic E-state index is 11.2. The number of benzene rings is 1. The fraction of sp³-hybridized carbons (Fsp3) is 0.385. The molecule has 0 radical (unpaired) electrons. The summed E-state index contributed by atoms with van der Waals surface area (Å²) in [5, 5.41) is 21.4. The zero-order valence-electron chi connectivity index (χ0n) is 10.7. The van der Waals surface area contributed by atoms with Crippen molar-refractivity contribution >= 4 is 17.6 Å². The fourth-order valence-electron chi connectivity index (χ4n) is 2.13. The number of nitrogens with zero attached hydrogens (tertiary/aromatic N) is 4. The highest BCUT2D eigenvalue weighted by molar-refractivity contribution is 6.30. The van der Waals surface area contributed by atoms with E-state index in [4.69, 9.17) is 11.6 Å². The van der Waals surface area contributed by atoms with Crippen LogP contribution < -0.4 is 0 Å². The molecule has 1 fully saturated rings. The topological polar surface area (TPSA) is 80.9 Å². The molecular weight excluding hydrogens is 280 g/mol. The van der Waals surface area contributed by atoms with E-state index in [1.165, 1.54) is 0 Å². The smallest absolute Gasteiger partial charge is 0.311 e. The van der Waals surface area contributed by atoms with Gasteiger partial charge in [0.05, 0.1) is 12.0 Å². The summed E-state index contributed by atoms with van der Waals surface area (Å²) in [5.74, 6) is -0.106. The van der Waals surface area contributed by atoms with E-state index in [0.717, 1.165) is 5.56 Å². The molecule has 7 heteroatoms. The molecule has 0 bridgehead atoms. The van der Waals surface area contributed by atoms with Crippen LogP contribution in [0.15, 0.2) is 24.3 Å². The van der Waals surface area contributed by atoms with Gasteiger partial charge in [-0.2, -0.15) is 0 Å². The predicted molar refractivity (Wildman–Crippen MR) is 71.4 cm³/mol. The molecule has 6 nitrogen and oxygen atoms in total. The number of hydrogen-bond donors (Lipinski definition) is 1. The molecule has 0 aliphatic heterocycles. The number of halogens is 1. The Morgan fingerprint density at radius 2 is 2.05 bits per heavy atom. The van der Waals surface area contributed by atoms with Crippen molar-refractivity contribution in [2.24, 2.45) is 5.41 Å². The summed E-state index contributed by atoms with van der Waals surface area (Å²) >= 11 is 5.84. The third kappa shape index (κ3) is 2.51. The van der Waals surface area contributed by atoms with Crippen molar-refractivity contribution in [3.63, 3.8) is 0 Å². The molecule has 1 saturated carbocycles. The van der Waals surface area contributed by atoms with Crippen molar-refractivity contribution in [1.82, 2.24) is 20.2 Å². The third-order valence-corrected chi connectivity index (χ3v) is 3.89. The molecule has 1 aliphatic carbocycles. The van der Waals surface area contributed by atoms with Crippen molar-refractivity contribution in [1.29, 1.82) is 0 Å². The molecule has 0 saturated heterocycles. The Labute approximate surface area is 120 Å². The highest BCUT2D eigenvalue weighted by Gasteiger charge is 2.51. The molecule has 1 aromatic heterocycles. The Morgan fingerprint density at radius 1 is 1.35 bits per heavy atom. The largest absolute Gasteiger partial charge is 0.481 e. The molecular formula is C13H13ClN4O2. The lowest BCUT2D eigenvalue weighted by molar-refractivity contribution is -0.144. The first kappa shape index (κ1) is 13.1. The molecule has 104 valence electrons. The first-order valence-corrected chi connectivity index (χ1v) is 6.70. The first-order chi connectivity index (χ1) is 9.59. The second-order valence-electron chi connectivity index (χ2n) is 5.14. The Morgan fingerprint density at radius 3 is 2.65 bits per heavy atom. The zero-order valence-corrected chi connectivity index (χ0v) is 11.4. The van der Waals surface area contributed by atoms with Crippen LogP contribution in [0.5, 0.6) is 0 Å². The third-order valence-electron chi connectivity index (χ3n) is 3.64. The number of carboxylic acid groups (broad SMARTS) is 1. The maximum atomic E-state index is 11.2. The van der Waals surface area contributed by atoms with E-state index >= 15 is 0 Å². The molecule has 3 rings (SSSR count). The molecule has 1 aromatic carbocycles. The second kappa shape index (κ2) is 4.86. The quantitative estimate of drug-likeness (QED) is 0.908. The van der Waals surface area contributed by atoms with Crippen LogP contribution in [0.1, 0.15) is 24.2 Å². The summed E-state index contributed by atoms with van der Waals surface area (Å²) in [6, 6.07) is 7.44. The van der Waals surface area contributed by atoms with Gasteiger partial charge >= 0.3 is 5.97 Å². The minimum absolute atomic E-state index is 0.332. The minimum Gasteiger partial charge on any atom is -0.481 e. The average Bonchev–Trinajstić information content (AvgIpc) is 3.08. The number of tetrazole rings is 1. The molecule has 0 unspecified atom stereocenters. The van der Waals surface area contributed by atoms with Gasteiger partial charge in [0.25, 0.3) is 0 Å². The molecule has 1 heterocycles. The van der Waals surface area contributed by atoms with E-state index in [-0.39, 0.29) is 0 Å². The fourth-order valence-corrected chi connectivity index (χ4v) is 2.26. The van der Waals surface area contributed by atoms with Crippen LogP contribution in [0.3, 0.4) is 0 Å². The number of aliphatic carboxylic acids is 1. The molecule has 0 spiro atoms. The van der Waals surface area contributed by atoms with Crippen LogP contribution in [0, 0.1) is 5.41 Å². The van der Waals surface area contributed by atoms with Crippen LogP contribution >= 0.6 is 11.6 Å². The molecule has 20 heavy (non-hydrogen) atoms. The van der Waals surface area contributed by atoms with Crippen molar-refractivity contribution in [3.8, 4) is 0 Å². The summed E-state index contributed by atoms with van der Waals surface area (Å²) in [4.78, 5) is 11.2. The van der Waals surface area contributed by atoms with Gasteiger partial charge in [-0.05, 0) is 41.0 Å². The first-order valence-electron chi connectivity index (χ1n) is 6.32. The van der Waals surface area contributed by atoms with E-state index in [9.17, 15) is 9.90 Å². The zero-order chi connectivity index (χ0) is 14.2. The second-order valence-corrected chi connectivity index (χ2v) is 5.58. The van der Waals surface area contributed by atoms with Gasteiger partial charge in [-0.15, -0.1) is 5.10 Å². The van der Waals surface area contributed by atoms with Gasteiger partial charge in [0.15, 0.2) is 5.82 Å². The average molecular weight is 293 g/mol. The number of carboxylic acids is 1. The molecule has 1 aliphatic rings. The van der Waals surface area contributed by atoms with Gasteiger partial charge in [-0.1, -0.05) is 23.7 Å².